The predicted molar refractivity (Wildman–Crippen MR) is 80.7 cm³/mol. The van der Waals surface area contributed by atoms with Crippen LogP contribution in [0.25, 0.3) is 0 Å². The van der Waals surface area contributed by atoms with E-state index in [-0.39, 0.29) is 11.7 Å². The minimum atomic E-state index is -0.635. The van der Waals surface area contributed by atoms with Crippen molar-refractivity contribution in [1.29, 1.82) is 0 Å². The lowest BCUT2D eigenvalue weighted by atomic mass is 9.88. The molecule has 1 atom stereocenters. The van der Waals surface area contributed by atoms with Crippen molar-refractivity contribution >= 4 is 11.7 Å². The van der Waals surface area contributed by atoms with E-state index in [0.29, 0.717) is 19.5 Å². The first-order valence-corrected chi connectivity index (χ1v) is 7.16. The molecule has 3 heteroatoms. The zero-order valence-corrected chi connectivity index (χ0v) is 11.7. The first-order chi connectivity index (χ1) is 10.3. The van der Waals surface area contributed by atoms with Crippen molar-refractivity contribution in [2.75, 3.05) is 6.54 Å². The summed E-state index contributed by atoms with van der Waals surface area (Å²) in [4.78, 5) is 26.6. The first kappa shape index (κ1) is 13.6. The molecule has 106 valence electrons. The molecule has 0 aromatic heterocycles. The van der Waals surface area contributed by atoms with Gasteiger partial charge in [-0.2, -0.15) is 0 Å². The van der Waals surface area contributed by atoms with E-state index in [0.717, 1.165) is 11.1 Å². The summed E-state index contributed by atoms with van der Waals surface area (Å²) in [6.45, 7) is 1.08. The van der Waals surface area contributed by atoms with E-state index in [2.05, 4.69) is 0 Å². The molecule has 2 aromatic carbocycles. The van der Waals surface area contributed by atoms with E-state index in [1.54, 1.807) is 4.90 Å². The number of piperidine rings is 1. The topological polar surface area (TPSA) is 37.4 Å². The quantitative estimate of drug-likeness (QED) is 0.810. The molecule has 1 saturated heterocycles. The third-order valence-electron chi connectivity index (χ3n) is 3.86. The van der Waals surface area contributed by atoms with Gasteiger partial charge in [0.25, 0.3) is 0 Å². The first-order valence-electron chi connectivity index (χ1n) is 7.16. The third-order valence-corrected chi connectivity index (χ3v) is 3.86. The summed E-state index contributed by atoms with van der Waals surface area (Å²) >= 11 is 0. The summed E-state index contributed by atoms with van der Waals surface area (Å²) in [5, 5.41) is 0. The Kier molecular flexibility index (Phi) is 3.82. The molecule has 2 aromatic rings. The van der Waals surface area contributed by atoms with Crippen LogP contribution in [-0.4, -0.2) is 23.1 Å². The standard InChI is InChI=1S/C18H17NO2/c20-16-11-12-19(13-14-7-3-1-4-8-14)18(21)17(16)15-9-5-2-6-10-15/h1-10,17H,11-13H2. The fraction of sp³-hybridized carbons (Fsp3) is 0.222. The van der Waals surface area contributed by atoms with Gasteiger partial charge in [0.1, 0.15) is 5.92 Å². The molecule has 1 unspecified atom stereocenters. The number of nitrogens with zero attached hydrogens (tertiary/aromatic N) is 1. The molecule has 0 spiro atoms. The largest absolute Gasteiger partial charge is 0.337 e. The molecule has 0 radical (unpaired) electrons. The van der Waals surface area contributed by atoms with Crippen molar-refractivity contribution in [2.24, 2.45) is 0 Å². The van der Waals surface area contributed by atoms with Gasteiger partial charge >= 0.3 is 0 Å². The minimum Gasteiger partial charge on any atom is -0.337 e. The molecule has 1 aliphatic heterocycles. The van der Waals surface area contributed by atoms with E-state index in [9.17, 15) is 9.59 Å². The molecule has 1 amide bonds. The number of carbonyl (C=O) groups is 2. The number of Topliss-reactive ketones (excluding diaryl/α,β-unsaturated/α-hetero) is 1. The maximum absolute atomic E-state index is 12.6. The number of amides is 1. The van der Waals surface area contributed by atoms with Crippen LogP contribution in [0, 0.1) is 0 Å². The fourth-order valence-electron chi connectivity index (χ4n) is 2.75. The van der Waals surface area contributed by atoms with Crippen LogP contribution >= 0.6 is 0 Å². The maximum Gasteiger partial charge on any atom is 0.237 e. The lowest BCUT2D eigenvalue weighted by molar-refractivity contribution is -0.142. The number of likely N-dealkylation sites (tertiary alicyclic amines) is 1. The van der Waals surface area contributed by atoms with Gasteiger partial charge in [0.15, 0.2) is 5.78 Å². The maximum atomic E-state index is 12.6. The SMILES string of the molecule is O=C1CCN(Cc2ccccc2)C(=O)C1c1ccccc1. The minimum absolute atomic E-state index is 0.0236. The van der Waals surface area contributed by atoms with Gasteiger partial charge in [-0.1, -0.05) is 60.7 Å². The van der Waals surface area contributed by atoms with Crippen LogP contribution in [0.15, 0.2) is 60.7 Å². The molecule has 1 fully saturated rings. The molecule has 3 rings (SSSR count). The van der Waals surface area contributed by atoms with Crippen molar-refractivity contribution in [3.63, 3.8) is 0 Å². The Hall–Kier alpha value is -2.42. The zero-order chi connectivity index (χ0) is 14.7. The molecule has 3 nitrogen and oxygen atoms in total. The second kappa shape index (κ2) is 5.92. The van der Waals surface area contributed by atoms with Gasteiger partial charge in [0.2, 0.25) is 5.91 Å². The van der Waals surface area contributed by atoms with Gasteiger partial charge in [-0.05, 0) is 11.1 Å². The van der Waals surface area contributed by atoms with Gasteiger partial charge in [-0.3, -0.25) is 9.59 Å². The highest BCUT2D eigenvalue weighted by atomic mass is 16.2. The molecule has 1 aliphatic rings. The summed E-state index contributed by atoms with van der Waals surface area (Å²) in [5.41, 5.74) is 1.89. The van der Waals surface area contributed by atoms with Crippen molar-refractivity contribution < 1.29 is 9.59 Å². The summed E-state index contributed by atoms with van der Waals surface area (Å²) in [6, 6.07) is 19.2. The van der Waals surface area contributed by atoms with Crippen molar-refractivity contribution in [2.45, 2.75) is 18.9 Å². The van der Waals surface area contributed by atoms with Crippen LogP contribution in [-0.2, 0) is 16.1 Å². The Morgan fingerprint density at radius 1 is 0.905 bits per heavy atom. The van der Waals surface area contributed by atoms with Gasteiger partial charge in [-0.25, -0.2) is 0 Å². The number of carbonyl (C=O) groups excluding carboxylic acids is 2. The monoisotopic (exact) mass is 279 g/mol. The van der Waals surface area contributed by atoms with Gasteiger partial charge < -0.3 is 4.90 Å². The highest BCUT2D eigenvalue weighted by Crippen LogP contribution is 2.26. The molecular weight excluding hydrogens is 262 g/mol. The lowest BCUT2D eigenvalue weighted by Gasteiger charge is -2.31. The second-order valence-corrected chi connectivity index (χ2v) is 5.31. The second-order valence-electron chi connectivity index (χ2n) is 5.31. The average molecular weight is 279 g/mol. The highest BCUT2D eigenvalue weighted by Gasteiger charge is 2.36. The van der Waals surface area contributed by atoms with Crippen molar-refractivity contribution in [3.8, 4) is 0 Å². The molecule has 0 aliphatic carbocycles. The molecule has 0 N–H and O–H groups in total. The normalized spacial score (nSPS) is 18.9. The smallest absolute Gasteiger partial charge is 0.237 e. The summed E-state index contributed by atoms with van der Waals surface area (Å²) in [6.07, 6.45) is 0.429. The average Bonchev–Trinajstić information content (AvgIpc) is 2.52. The van der Waals surface area contributed by atoms with Crippen LogP contribution in [0.3, 0.4) is 0 Å². The Morgan fingerprint density at radius 3 is 2.19 bits per heavy atom. The van der Waals surface area contributed by atoms with E-state index in [1.807, 2.05) is 60.7 Å². The fourth-order valence-corrected chi connectivity index (χ4v) is 2.75. The van der Waals surface area contributed by atoms with Crippen molar-refractivity contribution in [3.05, 3.63) is 71.8 Å². The van der Waals surface area contributed by atoms with Crippen molar-refractivity contribution in [1.82, 2.24) is 4.90 Å². The van der Waals surface area contributed by atoms with E-state index < -0.39 is 5.92 Å². The van der Waals surface area contributed by atoms with E-state index >= 15 is 0 Å². The predicted octanol–water partition coefficient (Wildman–Crippen LogP) is 2.77. The summed E-state index contributed by atoms with van der Waals surface area (Å²) < 4.78 is 0. The Balaban J connectivity index is 1.82. The molecule has 21 heavy (non-hydrogen) atoms. The van der Waals surface area contributed by atoms with Crippen LogP contribution < -0.4 is 0 Å². The van der Waals surface area contributed by atoms with Crippen LogP contribution in [0.1, 0.15) is 23.5 Å². The molecular formula is C18H17NO2. The van der Waals surface area contributed by atoms with E-state index in [4.69, 9.17) is 0 Å². The Labute approximate surface area is 124 Å². The third kappa shape index (κ3) is 2.87. The summed E-state index contributed by atoms with van der Waals surface area (Å²) in [5.74, 6) is -0.694. The van der Waals surface area contributed by atoms with Gasteiger partial charge in [0.05, 0.1) is 0 Å². The number of rotatable bonds is 3. The summed E-state index contributed by atoms with van der Waals surface area (Å²) in [7, 11) is 0. The van der Waals surface area contributed by atoms with Crippen LogP contribution in [0.4, 0.5) is 0 Å². The Bertz CT molecular complexity index is 637. The van der Waals surface area contributed by atoms with Gasteiger partial charge in [-0.15, -0.1) is 0 Å². The number of hydrogen-bond acceptors (Lipinski definition) is 2. The zero-order valence-electron chi connectivity index (χ0n) is 11.7. The molecule has 0 bridgehead atoms. The molecule has 1 heterocycles. The van der Waals surface area contributed by atoms with Gasteiger partial charge in [0, 0.05) is 19.5 Å². The molecule has 0 saturated carbocycles. The highest BCUT2D eigenvalue weighted by molar-refractivity contribution is 6.08. The Morgan fingerprint density at radius 2 is 1.52 bits per heavy atom. The number of hydrogen-bond donors (Lipinski definition) is 0. The van der Waals surface area contributed by atoms with Crippen LogP contribution in [0.5, 0.6) is 0 Å². The van der Waals surface area contributed by atoms with Crippen LogP contribution in [0.2, 0.25) is 0 Å². The number of benzene rings is 2. The lowest BCUT2D eigenvalue weighted by Crippen LogP contribution is -2.44. The van der Waals surface area contributed by atoms with E-state index in [1.165, 1.54) is 0 Å². The number of ketones is 1.